The molecule has 180 valence electrons. The quantitative estimate of drug-likeness (QED) is 0.242. The Labute approximate surface area is 199 Å². The molecular weight excluding hydrogens is 435 g/mol. The Morgan fingerprint density at radius 2 is 1.85 bits per heavy atom. The van der Waals surface area contributed by atoms with Gasteiger partial charge in [-0.25, -0.2) is 4.39 Å². The van der Waals surface area contributed by atoms with Crippen molar-refractivity contribution < 1.29 is 23.8 Å². The molecule has 0 bridgehead atoms. The van der Waals surface area contributed by atoms with Gasteiger partial charge in [0, 0.05) is 18.7 Å². The van der Waals surface area contributed by atoms with Crippen molar-refractivity contribution in [1.82, 2.24) is 9.80 Å². The summed E-state index contributed by atoms with van der Waals surface area (Å²) in [6, 6.07) is 9.96. The molecule has 1 N–H and O–H groups in total. The summed E-state index contributed by atoms with van der Waals surface area (Å²) in [5, 5.41) is 11.3. The summed E-state index contributed by atoms with van der Waals surface area (Å²) in [5.74, 6) is -1.51. The molecule has 1 unspecified atom stereocenters. The maximum atomic E-state index is 13.6. The number of aryl methyl sites for hydroxylation is 1. The minimum absolute atomic E-state index is 0.000912. The van der Waals surface area contributed by atoms with E-state index in [0.717, 1.165) is 13.1 Å². The maximum absolute atomic E-state index is 13.6. The minimum atomic E-state index is -0.813. The fraction of sp³-hybridized carbons (Fsp3) is 0.333. The molecule has 34 heavy (non-hydrogen) atoms. The molecule has 7 heteroatoms. The van der Waals surface area contributed by atoms with Gasteiger partial charge in [-0.1, -0.05) is 38.6 Å². The lowest BCUT2D eigenvalue weighted by Crippen LogP contribution is -2.38. The first kappa shape index (κ1) is 25.2. The summed E-state index contributed by atoms with van der Waals surface area (Å²) < 4.78 is 19.2. The number of amides is 1. The van der Waals surface area contributed by atoms with Gasteiger partial charge in [0.25, 0.3) is 11.7 Å². The lowest BCUT2D eigenvalue weighted by atomic mass is 9.94. The van der Waals surface area contributed by atoms with Crippen molar-refractivity contribution in [2.75, 3.05) is 32.8 Å². The summed E-state index contributed by atoms with van der Waals surface area (Å²) in [6.45, 7) is 12.3. The lowest BCUT2D eigenvalue weighted by Gasteiger charge is -2.28. The Hall–Kier alpha value is -3.45. The van der Waals surface area contributed by atoms with E-state index in [9.17, 15) is 19.1 Å². The number of ketones is 1. The number of aliphatic hydroxyl groups excluding tert-OH is 1. The largest absolute Gasteiger partial charge is 0.507 e. The fourth-order valence-corrected chi connectivity index (χ4v) is 4.18. The molecule has 2 aromatic rings. The second-order valence-electron chi connectivity index (χ2n) is 8.15. The predicted molar refractivity (Wildman–Crippen MR) is 130 cm³/mol. The number of nitrogens with zero attached hydrogens (tertiary/aromatic N) is 2. The van der Waals surface area contributed by atoms with E-state index in [4.69, 9.17) is 4.74 Å². The SMILES string of the molecule is C=CCOc1ccc(/C(O)=C2/C(=O)C(=O)N(CCN(CC)CC)C2c2ccc(F)cc2)c(C)c1. The number of hydrogen-bond donors (Lipinski definition) is 1. The van der Waals surface area contributed by atoms with Crippen LogP contribution in [0.25, 0.3) is 5.76 Å². The molecular formula is C27H31FN2O4. The second kappa shape index (κ2) is 11.1. The van der Waals surface area contributed by atoms with E-state index in [1.807, 2.05) is 13.8 Å². The molecule has 0 radical (unpaired) electrons. The highest BCUT2D eigenvalue weighted by Crippen LogP contribution is 2.40. The third kappa shape index (κ3) is 5.20. The smallest absolute Gasteiger partial charge is 0.295 e. The summed E-state index contributed by atoms with van der Waals surface area (Å²) >= 11 is 0. The zero-order valence-electron chi connectivity index (χ0n) is 19.9. The number of carbonyl (C=O) groups is 2. The van der Waals surface area contributed by atoms with Crippen molar-refractivity contribution in [2.45, 2.75) is 26.8 Å². The standard InChI is InChI=1S/C27H31FN2O4/c1-5-16-34-21-12-13-22(18(4)17-21)25(31)23-24(19-8-10-20(28)11-9-19)30(27(33)26(23)32)15-14-29(6-2)7-3/h5,8-13,17,24,31H,1,6-7,14-16H2,2-4H3/b25-23-. The highest BCUT2D eigenvalue weighted by atomic mass is 19.1. The van der Waals surface area contributed by atoms with Gasteiger partial charge < -0.3 is 19.6 Å². The highest BCUT2D eigenvalue weighted by Gasteiger charge is 2.46. The van der Waals surface area contributed by atoms with Crippen LogP contribution in [0.4, 0.5) is 4.39 Å². The maximum Gasteiger partial charge on any atom is 0.295 e. The molecule has 1 aliphatic rings. The van der Waals surface area contributed by atoms with Gasteiger partial charge in [-0.15, -0.1) is 0 Å². The second-order valence-corrected chi connectivity index (χ2v) is 8.15. The number of likely N-dealkylation sites (tertiary alicyclic amines) is 1. The Bertz CT molecular complexity index is 1090. The fourth-order valence-electron chi connectivity index (χ4n) is 4.18. The molecule has 0 spiro atoms. The molecule has 2 aromatic carbocycles. The van der Waals surface area contributed by atoms with Crippen molar-refractivity contribution in [2.24, 2.45) is 0 Å². The van der Waals surface area contributed by atoms with Gasteiger partial charge >= 0.3 is 0 Å². The van der Waals surface area contributed by atoms with E-state index in [0.29, 0.717) is 42.1 Å². The number of ether oxygens (including phenoxy) is 1. The van der Waals surface area contributed by atoms with Gasteiger partial charge in [0.05, 0.1) is 11.6 Å². The number of halogens is 1. The Morgan fingerprint density at radius 3 is 2.44 bits per heavy atom. The van der Waals surface area contributed by atoms with E-state index in [1.165, 1.54) is 17.0 Å². The van der Waals surface area contributed by atoms with Gasteiger partial charge in [-0.3, -0.25) is 9.59 Å². The first-order valence-corrected chi connectivity index (χ1v) is 11.4. The highest BCUT2D eigenvalue weighted by molar-refractivity contribution is 6.46. The molecule has 1 heterocycles. The average molecular weight is 467 g/mol. The number of aliphatic hydroxyl groups is 1. The normalized spacial score (nSPS) is 17.4. The van der Waals surface area contributed by atoms with Crippen LogP contribution in [0.5, 0.6) is 5.75 Å². The van der Waals surface area contributed by atoms with Gasteiger partial charge in [-0.05, 0) is 61.5 Å². The summed E-state index contributed by atoms with van der Waals surface area (Å²) in [7, 11) is 0. The lowest BCUT2D eigenvalue weighted by molar-refractivity contribution is -0.140. The molecule has 0 saturated carbocycles. The topological polar surface area (TPSA) is 70.1 Å². The molecule has 1 saturated heterocycles. The zero-order valence-corrected chi connectivity index (χ0v) is 19.9. The van der Waals surface area contributed by atoms with Crippen LogP contribution in [-0.2, 0) is 9.59 Å². The molecule has 0 aromatic heterocycles. The number of Topliss-reactive ketones (excluding diaryl/α,β-unsaturated/α-hetero) is 1. The van der Waals surface area contributed by atoms with E-state index in [-0.39, 0.29) is 11.3 Å². The zero-order chi connectivity index (χ0) is 24.8. The van der Waals surface area contributed by atoms with Crippen LogP contribution in [0, 0.1) is 12.7 Å². The van der Waals surface area contributed by atoms with Crippen molar-refractivity contribution in [1.29, 1.82) is 0 Å². The number of benzene rings is 2. The molecule has 1 amide bonds. The summed E-state index contributed by atoms with van der Waals surface area (Å²) in [6.07, 6.45) is 1.63. The van der Waals surface area contributed by atoms with Crippen molar-refractivity contribution in [3.63, 3.8) is 0 Å². The number of likely N-dealkylation sites (N-methyl/N-ethyl adjacent to an activating group) is 1. The van der Waals surface area contributed by atoms with Crippen LogP contribution < -0.4 is 4.74 Å². The third-order valence-electron chi connectivity index (χ3n) is 6.10. The van der Waals surface area contributed by atoms with E-state index < -0.39 is 23.5 Å². The Kier molecular flexibility index (Phi) is 8.23. The summed E-state index contributed by atoms with van der Waals surface area (Å²) in [5.41, 5.74) is 1.68. The molecule has 1 aliphatic heterocycles. The van der Waals surface area contributed by atoms with Crippen LogP contribution >= 0.6 is 0 Å². The Balaban J connectivity index is 2.08. The number of hydrogen-bond acceptors (Lipinski definition) is 5. The van der Waals surface area contributed by atoms with Crippen LogP contribution in [0.2, 0.25) is 0 Å². The molecule has 1 atom stereocenters. The van der Waals surface area contributed by atoms with Crippen molar-refractivity contribution >= 4 is 17.4 Å². The number of rotatable bonds is 10. The van der Waals surface area contributed by atoms with E-state index >= 15 is 0 Å². The molecule has 0 aliphatic carbocycles. The van der Waals surface area contributed by atoms with Crippen molar-refractivity contribution in [3.05, 3.63) is 83.2 Å². The van der Waals surface area contributed by atoms with E-state index in [2.05, 4.69) is 11.5 Å². The Morgan fingerprint density at radius 1 is 1.18 bits per heavy atom. The van der Waals surface area contributed by atoms with Crippen LogP contribution in [0.1, 0.15) is 36.6 Å². The minimum Gasteiger partial charge on any atom is -0.507 e. The van der Waals surface area contributed by atoms with Gasteiger partial charge in [-0.2, -0.15) is 0 Å². The first-order valence-electron chi connectivity index (χ1n) is 11.4. The first-order chi connectivity index (χ1) is 16.3. The van der Waals surface area contributed by atoms with Crippen LogP contribution in [-0.4, -0.2) is 59.4 Å². The van der Waals surface area contributed by atoms with Gasteiger partial charge in [0.2, 0.25) is 0 Å². The van der Waals surface area contributed by atoms with Gasteiger partial charge in [0.15, 0.2) is 0 Å². The monoisotopic (exact) mass is 466 g/mol. The predicted octanol–water partition coefficient (Wildman–Crippen LogP) is 4.46. The number of carbonyl (C=O) groups excluding carboxylic acids is 2. The van der Waals surface area contributed by atoms with Crippen LogP contribution in [0.15, 0.2) is 60.7 Å². The molecule has 6 nitrogen and oxygen atoms in total. The summed E-state index contributed by atoms with van der Waals surface area (Å²) in [4.78, 5) is 29.8. The van der Waals surface area contributed by atoms with Gasteiger partial charge in [0.1, 0.15) is 23.9 Å². The average Bonchev–Trinajstić information content (AvgIpc) is 3.08. The molecule has 1 fully saturated rings. The van der Waals surface area contributed by atoms with E-state index in [1.54, 1.807) is 43.3 Å². The third-order valence-corrected chi connectivity index (χ3v) is 6.10. The van der Waals surface area contributed by atoms with Crippen LogP contribution in [0.3, 0.4) is 0 Å². The molecule has 3 rings (SSSR count). The van der Waals surface area contributed by atoms with Crippen molar-refractivity contribution in [3.8, 4) is 5.75 Å².